The third-order valence-electron chi connectivity index (χ3n) is 3.78. The Bertz CT molecular complexity index is 456. The summed E-state index contributed by atoms with van der Waals surface area (Å²) in [4.78, 5) is 12.0. The molecule has 0 aromatic rings. The van der Waals surface area contributed by atoms with Crippen LogP contribution >= 0.6 is 12.2 Å². The van der Waals surface area contributed by atoms with Crippen LogP contribution < -0.4 is 10.6 Å². The Morgan fingerprint density at radius 1 is 1.11 bits per heavy atom. The van der Waals surface area contributed by atoms with E-state index in [-0.39, 0.29) is 34.5 Å². The topological polar surface area (TPSA) is 75.3 Å². The second kappa shape index (κ2) is 6.17. The summed E-state index contributed by atoms with van der Waals surface area (Å²) in [7, 11) is -2.92. The SMILES string of the molecule is O=C(NC(=S)NC1CCS(=O)(=O)C1)C1CCCCC1. The molecule has 7 heteroatoms. The van der Waals surface area contributed by atoms with Gasteiger partial charge < -0.3 is 10.6 Å². The van der Waals surface area contributed by atoms with Crippen LogP contribution in [0.4, 0.5) is 0 Å². The van der Waals surface area contributed by atoms with E-state index < -0.39 is 9.84 Å². The smallest absolute Gasteiger partial charge is 0.229 e. The van der Waals surface area contributed by atoms with Crippen LogP contribution in [-0.2, 0) is 14.6 Å². The van der Waals surface area contributed by atoms with E-state index in [2.05, 4.69) is 10.6 Å². The molecular formula is C12H20N2O3S2. The highest BCUT2D eigenvalue weighted by Crippen LogP contribution is 2.23. The van der Waals surface area contributed by atoms with Crippen LogP contribution in [0, 0.1) is 5.92 Å². The molecule has 2 fully saturated rings. The molecule has 0 aromatic carbocycles. The summed E-state index contributed by atoms with van der Waals surface area (Å²) < 4.78 is 22.6. The van der Waals surface area contributed by atoms with E-state index in [1.165, 1.54) is 6.42 Å². The van der Waals surface area contributed by atoms with Crippen molar-refractivity contribution in [3.8, 4) is 0 Å². The maximum atomic E-state index is 12.0. The zero-order valence-electron chi connectivity index (χ0n) is 10.9. The number of nitrogens with one attached hydrogen (secondary N) is 2. The first-order valence-corrected chi connectivity index (χ1v) is 9.01. The Morgan fingerprint density at radius 3 is 2.37 bits per heavy atom. The van der Waals surface area contributed by atoms with E-state index in [4.69, 9.17) is 12.2 Å². The van der Waals surface area contributed by atoms with E-state index in [1.807, 2.05) is 0 Å². The highest BCUT2D eigenvalue weighted by Gasteiger charge is 2.29. The van der Waals surface area contributed by atoms with Gasteiger partial charge in [0.25, 0.3) is 0 Å². The summed E-state index contributed by atoms with van der Waals surface area (Å²) in [5.74, 6) is 0.329. The molecule has 0 radical (unpaired) electrons. The average molecular weight is 304 g/mol. The molecule has 108 valence electrons. The predicted octanol–water partition coefficient (Wildman–Crippen LogP) is 0.744. The van der Waals surface area contributed by atoms with Gasteiger partial charge in [0.05, 0.1) is 11.5 Å². The molecule has 0 spiro atoms. The van der Waals surface area contributed by atoms with Crippen molar-refractivity contribution in [3.63, 3.8) is 0 Å². The summed E-state index contributed by atoms with van der Waals surface area (Å²) >= 11 is 5.07. The Balaban J connectivity index is 1.76. The molecule has 0 bridgehead atoms. The number of hydrogen-bond donors (Lipinski definition) is 2. The van der Waals surface area contributed by atoms with Gasteiger partial charge >= 0.3 is 0 Å². The van der Waals surface area contributed by atoms with Crippen molar-refractivity contribution >= 4 is 33.1 Å². The molecule has 1 saturated carbocycles. The Hall–Kier alpha value is -0.690. The molecule has 1 heterocycles. The molecule has 2 N–H and O–H groups in total. The lowest BCUT2D eigenvalue weighted by Gasteiger charge is -2.22. The third-order valence-corrected chi connectivity index (χ3v) is 5.77. The average Bonchev–Trinajstić information content (AvgIpc) is 2.69. The van der Waals surface area contributed by atoms with Crippen molar-refractivity contribution in [2.45, 2.75) is 44.6 Å². The van der Waals surface area contributed by atoms with Gasteiger partial charge in [0.2, 0.25) is 5.91 Å². The second-order valence-corrected chi connectivity index (χ2v) is 8.03. The maximum Gasteiger partial charge on any atom is 0.229 e. The molecule has 2 aliphatic rings. The summed E-state index contributed by atoms with van der Waals surface area (Å²) in [6, 6.07) is -0.163. The number of sulfone groups is 1. The Kier molecular flexibility index (Phi) is 4.78. The lowest BCUT2D eigenvalue weighted by atomic mass is 9.89. The van der Waals surface area contributed by atoms with Gasteiger partial charge in [0.15, 0.2) is 14.9 Å². The minimum absolute atomic E-state index is 0.0296. The van der Waals surface area contributed by atoms with E-state index >= 15 is 0 Å². The summed E-state index contributed by atoms with van der Waals surface area (Å²) in [6.45, 7) is 0. The van der Waals surface area contributed by atoms with Crippen LogP contribution in [0.3, 0.4) is 0 Å². The monoisotopic (exact) mass is 304 g/mol. The van der Waals surface area contributed by atoms with E-state index in [0.717, 1.165) is 25.7 Å². The summed E-state index contributed by atoms with van der Waals surface area (Å²) in [5, 5.41) is 5.88. The van der Waals surface area contributed by atoms with Gasteiger partial charge in [-0.3, -0.25) is 4.79 Å². The van der Waals surface area contributed by atoms with Crippen molar-refractivity contribution < 1.29 is 13.2 Å². The molecule has 1 aliphatic carbocycles. The first kappa shape index (κ1) is 14.7. The van der Waals surface area contributed by atoms with Gasteiger partial charge in [-0.05, 0) is 31.5 Å². The van der Waals surface area contributed by atoms with Crippen LogP contribution in [0.2, 0.25) is 0 Å². The van der Waals surface area contributed by atoms with Crippen molar-refractivity contribution in [2.24, 2.45) is 5.92 Å². The van der Waals surface area contributed by atoms with E-state index in [0.29, 0.717) is 6.42 Å². The number of amides is 1. The molecule has 19 heavy (non-hydrogen) atoms. The van der Waals surface area contributed by atoms with Gasteiger partial charge in [-0.1, -0.05) is 19.3 Å². The van der Waals surface area contributed by atoms with Gasteiger partial charge in [-0.15, -0.1) is 0 Å². The van der Waals surface area contributed by atoms with Gasteiger partial charge in [0, 0.05) is 12.0 Å². The van der Waals surface area contributed by atoms with Gasteiger partial charge in [-0.2, -0.15) is 0 Å². The number of carbonyl (C=O) groups excluding carboxylic acids is 1. The predicted molar refractivity (Wildman–Crippen MR) is 77.5 cm³/mol. The molecule has 1 amide bonds. The lowest BCUT2D eigenvalue weighted by Crippen LogP contribution is -2.46. The molecule has 0 aromatic heterocycles. The van der Waals surface area contributed by atoms with Crippen LogP contribution in [0.5, 0.6) is 0 Å². The normalized spacial score (nSPS) is 26.8. The fourth-order valence-corrected chi connectivity index (χ4v) is 4.65. The molecule has 1 atom stereocenters. The number of hydrogen-bond acceptors (Lipinski definition) is 4. The zero-order chi connectivity index (χ0) is 13.9. The van der Waals surface area contributed by atoms with Crippen LogP contribution in [0.1, 0.15) is 38.5 Å². The fraction of sp³-hybridized carbons (Fsp3) is 0.833. The van der Waals surface area contributed by atoms with Crippen molar-refractivity contribution in [2.75, 3.05) is 11.5 Å². The van der Waals surface area contributed by atoms with Crippen LogP contribution in [0.25, 0.3) is 0 Å². The minimum Gasteiger partial charge on any atom is -0.359 e. The van der Waals surface area contributed by atoms with Gasteiger partial charge in [0.1, 0.15) is 0 Å². The second-order valence-electron chi connectivity index (χ2n) is 5.40. The largest absolute Gasteiger partial charge is 0.359 e. The fourth-order valence-electron chi connectivity index (χ4n) is 2.71. The number of rotatable bonds is 2. The Labute approximate surface area is 119 Å². The van der Waals surface area contributed by atoms with Crippen LogP contribution in [-0.4, -0.2) is 37.0 Å². The van der Waals surface area contributed by atoms with Gasteiger partial charge in [-0.25, -0.2) is 8.42 Å². The minimum atomic E-state index is -2.92. The van der Waals surface area contributed by atoms with Crippen molar-refractivity contribution in [1.29, 1.82) is 0 Å². The zero-order valence-corrected chi connectivity index (χ0v) is 12.5. The molecule has 1 aliphatic heterocycles. The van der Waals surface area contributed by atoms with Crippen molar-refractivity contribution in [3.05, 3.63) is 0 Å². The highest BCUT2D eigenvalue weighted by molar-refractivity contribution is 7.91. The summed E-state index contributed by atoms with van der Waals surface area (Å²) in [5.41, 5.74) is 0. The number of carbonyl (C=O) groups is 1. The highest BCUT2D eigenvalue weighted by atomic mass is 32.2. The Morgan fingerprint density at radius 2 is 1.79 bits per heavy atom. The molecular weight excluding hydrogens is 284 g/mol. The van der Waals surface area contributed by atoms with E-state index in [1.54, 1.807) is 0 Å². The summed E-state index contributed by atoms with van der Waals surface area (Å²) in [6.07, 6.45) is 5.80. The number of thiocarbonyl (C=S) groups is 1. The third kappa shape index (κ3) is 4.42. The molecule has 1 unspecified atom stereocenters. The van der Waals surface area contributed by atoms with E-state index in [9.17, 15) is 13.2 Å². The molecule has 5 nitrogen and oxygen atoms in total. The quantitative estimate of drug-likeness (QED) is 0.736. The first-order chi connectivity index (χ1) is 8.96. The molecule has 2 rings (SSSR count). The van der Waals surface area contributed by atoms with Crippen LogP contribution in [0.15, 0.2) is 0 Å². The standard InChI is InChI=1S/C12H20N2O3S2/c15-11(9-4-2-1-3-5-9)14-12(18)13-10-6-7-19(16,17)8-10/h9-10H,1-8H2,(H2,13,14,15,18). The first-order valence-electron chi connectivity index (χ1n) is 6.78. The van der Waals surface area contributed by atoms with Crippen molar-refractivity contribution in [1.82, 2.24) is 10.6 Å². The maximum absolute atomic E-state index is 12.0. The molecule has 1 saturated heterocycles. The lowest BCUT2D eigenvalue weighted by molar-refractivity contribution is -0.124.